The molecule has 0 fully saturated rings. The van der Waals surface area contributed by atoms with Gasteiger partial charge < -0.3 is 5.73 Å². The number of carbonyl (C=O) groups excluding carboxylic acids is 1. The summed E-state index contributed by atoms with van der Waals surface area (Å²) in [6.07, 6.45) is 1.17. The van der Waals surface area contributed by atoms with Gasteiger partial charge in [-0.05, 0) is 18.2 Å². The van der Waals surface area contributed by atoms with Crippen molar-refractivity contribution in [3.05, 3.63) is 34.1 Å². The summed E-state index contributed by atoms with van der Waals surface area (Å²) >= 11 is 3.11. The van der Waals surface area contributed by atoms with Crippen LogP contribution in [-0.2, 0) is 0 Å². The van der Waals surface area contributed by atoms with Crippen molar-refractivity contribution in [1.82, 2.24) is 5.43 Å². The molecule has 0 aliphatic carbocycles. The van der Waals surface area contributed by atoms with Crippen LogP contribution in [0.5, 0.6) is 0 Å². The Morgan fingerprint density at radius 1 is 1.64 bits per heavy atom. The van der Waals surface area contributed by atoms with E-state index in [0.717, 1.165) is 0 Å². The second-order valence-electron chi connectivity index (χ2n) is 2.40. The maximum absolute atomic E-state index is 13.1. The number of halogens is 2. The Balaban J connectivity index is 2.76. The van der Waals surface area contributed by atoms with Gasteiger partial charge in [-0.25, -0.2) is 14.6 Å². The normalized spacial score (nSPS) is 10.4. The minimum atomic E-state index is -0.793. The summed E-state index contributed by atoms with van der Waals surface area (Å²) in [5, 5.41) is 3.43. The highest BCUT2D eigenvalue weighted by Crippen LogP contribution is 2.13. The predicted molar refractivity (Wildman–Crippen MR) is 54.4 cm³/mol. The minimum Gasteiger partial charge on any atom is -0.350 e. The fraction of sp³-hybridized carbons (Fsp3) is 0. The second-order valence-corrected chi connectivity index (χ2v) is 3.32. The van der Waals surface area contributed by atoms with Crippen molar-refractivity contribution in [2.24, 2.45) is 10.8 Å². The molecule has 2 amide bonds. The van der Waals surface area contributed by atoms with Gasteiger partial charge in [0, 0.05) is 10.0 Å². The molecule has 3 N–H and O–H groups in total. The number of hydrazone groups is 1. The zero-order chi connectivity index (χ0) is 10.6. The zero-order valence-electron chi connectivity index (χ0n) is 7.00. The summed E-state index contributed by atoms with van der Waals surface area (Å²) < 4.78 is 13.7. The summed E-state index contributed by atoms with van der Waals surface area (Å²) in [6.45, 7) is 0. The molecule has 0 aliphatic heterocycles. The molecule has 1 aromatic carbocycles. The number of nitrogens with zero attached hydrogens (tertiary/aromatic N) is 1. The van der Waals surface area contributed by atoms with E-state index >= 15 is 0 Å². The maximum Gasteiger partial charge on any atom is 0.332 e. The van der Waals surface area contributed by atoms with Crippen LogP contribution in [0.3, 0.4) is 0 Å². The van der Waals surface area contributed by atoms with Crippen molar-refractivity contribution in [2.75, 3.05) is 0 Å². The predicted octanol–water partition coefficient (Wildman–Crippen LogP) is 1.59. The second kappa shape index (κ2) is 4.71. The molecule has 0 spiro atoms. The molecule has 4 nitrogen and oxygen atoms in total. The van der Waals surface area contributed by atoms with Gasteiger partial charge in [-0.2, -0.15) is 5.10 Å². The van der Waals surface area contributed by atoms with E-state index < -0.39 is 11.8 Å². The summed E-state index contributed by atoms with van der Waals surface area (Å²) in [5.74, 6) is -0.436. The van der Waals surface area contributed by atoms with Crippen molar-refractivity contribution in [3.8, 4) is 0 Å². The third-order valence-electron chi connectivity index (χ3n) is 1.34. The maximum atomic E-state index is 13.1. The quantitative estimate of drug-likeness (QED) is 0.615. The standard InChI is InChI=1S/C8H7BrFN3O/c9-6-2-1-5(7(10)3-6)4-12-13-8(11)14/h1-4H,(H3,11,13,14)/b12-4-. The Morgan fingerprint density at radius 2 is 2.36 bits per heavy atom. The molecular formula is C8H7BrFN3O. The monoisotopic (exact) mass is 259 g/mol. The summed E-state index contributed by atoms with van der Waals surface area (Å²) in [4.78, 5) is 10.2. The Kier molecular flexibility index (Phi) is 3.58. The SMILES string of the molecule is NC(=O)N/N=C\c1ccc(Br)cc1F. The van der Waals surface area contributed by atoms with Gasteiger partial charge >= 0.3 is 6.03 Å². The van der Waals surface area contributed by atoms with Crippen molar-refractivity contribution < 1.29 is 9.18 Å². The fourth-order valence-corrected chi connectivity index (χ4v) is 1.10. The average Bonchev–Trinajstić information content (AvgIpc) is 2.08. The molecule has 1 rings (SSSR count). The highest BCUT2D eigenvalue weighted by molar-refractivity contribution is 9.10. The molecule has 0 radical (unpaired) electrons. The molecule has 14 heavy (non-hydrogen) atoms. The molecule has 0 saturated carbocycles. The number of hydrogen-bond acceptors (Lipinski definition) is 2. The first-order chi connectivity index (χ1) is 6.59. The third-order valence-corrected chi connectivity index (χ3v) is 1.83. The van der Waals surface area contributed by atoms with E-state index in [1.165, 1.54) is 18.3 Å². The largest absolute Gasteiger partial charge is 0.350 e. The summed E-state index contributed by atoms with van der Waals surface area (Å²) in [6, 6.07) is 3.69. The highest BCUT2D eigenvalue weighted by atomic mass is 79.9. The number of benzene rings is 1. The molecule has 0 bridgehead atoms. The van der Waals surface area contributed by atoms with E-state index in [2.05, 4.69) is 21.0 Å². The van der Waals surface area contributed by atoms with Crippen molar-refractivity contribution >= 4 is 28.2 Å². The minimum absolute atomic E-state index is 0.266. The Hall–Kier alpha value is -1.43. The smallest absolute Gasteiger partial charge is 0.332 e. The van der Waals surface area contributed by atoms with Gasteiger partial charge in [-0.3, -0.25) is 0 Å². The lowest BCUT2D eigenvalue weighted by molar-refractivity contribution is 0.249. The van der Waals surface area contributed by atoms with Crippen molar-refractivity contribution in [1.29, 1.82) is 0 Å². The zero-order valence-corrected chi connectivity index (χ0v) is 8.58. The van der Waals surface area contributed by atoms with Crippen LogP contribution in [0.2, 0.25) is 0 Å². The number of urea groups is 1. The molecule has 0 aliphatic rings. The molecule has 0 saturated heterocycles. The summed E-state index contributed by atoms with van der Waals surface area (Å²) in [5.41, 5.74) is 6.99. The first-order valence-corrected chi connectivity index (χ1v) is 4.42. The number of primary amides is 1. The lowest BCUT2D eigenvalue weighted by Gasteiger charge is -1.96. The van der Waals surface area contributed by atoms with Gasteiger partial charge in [0.15, 0.2) is 0 Å². The molecule has 0 heterocycles. The van der Waals surface area contributed by atoms with Crippen LogP contribution >= 0.6 is 15.9 Å². The first-order valence-electron chi connectivity index (χ1n) is 3.63. The molecule has 6 heteroatoms. The average molecular weight is 260 g/mol. The number of carbonyl (C=O) groups is 1. The number of hydrogen-bond donors (Lipinski definition) is 2. The molecule has 0 atom stereocenters. The highest BCUT2D eigenvalue weighted by Gasteiger charge is 1.99. The molecule has 0 aromatic heterocycles. The Bertz CT molecular complexity index is 381. The topological polar surface area (TPSA) is 67.5 Å². The van der Waals surface area contributed by atoms with Gasteiger partial charge in [-0.1, -0.05) is 15.9 Å². The molecular weight excluding hydrogens is 253 g/mol. The van der Waals surface area contributed by atoms with Crippen molar-refractivity contribution in [3.63, 3.8) is 0 Å². The Labute approximate surface area is 88.1 Å². The first kappa shape index (κ1) is 10.6. The van der Waals surface area contributed by atoms with Gasteiger partial charge in [0.25, 0.3) is 0 Å². The Morgan fingerprint density at radius 3 is 2.93 bits per heavy atom. The van der Waals surface area contributed by atoms with Crippen LogP contribution in [-0.4, -0.2) is 12.2 Å². The molecule has 74 valence electrons. The van der Waals surface area contributed by atoms with Crippen LogP contribution in [0.15, 0.2) is 27.8 Å². The van der Waals surface area contributed by atoms with E-state index in [9.17, 15) is 9.18 Å². The van der Waals surface area contributed by atoms with Crippen LogP contribution < -0.4 is 11.2 Å². The number of amides is 2. The van der Waals surface area contributed by atoms with Gasteiger partial charge in [0.05, 0.1) is 6.21 Å². The molecule has 0 unspecified atom stereocenters. The van der Waals surface area contributed by atoms with Gasteiger partial charge in [0.1, 0.15) is 5.82 Å². The van der Waals surface area contributed by atoms with E-state index in [4.69, 9.17) is 5.73 Å². The summed E-state index contributed by atoms with van der Waals surface area (Å²) in [7, 11) is 0. The third kappa shape index (κ3) is 3.14. The van der Waals surface area contributed by atoms with E-state index in [1.807, 2.05) is 5.43 Å². The van der Waals surface area contributed by atoms with Gasteiger partial charge in [-0.15, -0.1) is 0 Å². The fourth-order valence-electron chi connectivity index (χ4n) is 0.772. The number of nitrogens with one attached hydrogen (secondary N) is 1. The van der Waals surface area contributed by atoms with Crippen LogP contribution in [0, 0.1) is 5.82 Å². The van der Waals surface area contributed by atoms with Crippen LogP contribution in [0.1, 0.15) is 5.56 Å². The lowest BCUT2D eigenvalue weighted by atomic mass is 10.2. The van der Waals surface area contributed by atoms with Crippen molar-refractivity contribution in [2.45, 2.75) is 0 Å². The number of nitrogens with two attached hydrogens (primary N) is 1. The molecule has 1 aromatic rings. The number of rotatable bonds is 2. The van der Waals surface area contributed by atoms with Crippen LogP contribution in [0.25, 0.3) is 0 Å². The van der Waals surface area contributed by atoms with Gasteiger partial charge in [0.2, 0.25) is 0 Å². The van der Waals surface area contributed by atoms with E-state index in [1.54, 1.807) is 6.07 Å². The van der Waals surface area contributed by atoms with E-state index in [0.29, 0.717) is 4.47 Å². The van der Waals surface area contributed by atoms with E-state index in [-0.39, 0.29) is 5.56 Å². The lowest BCUT2D eigenvalue weighted by Crippen LogP contribution is -2.24. The van der Waals surface area contributed by atoms with Crippen LogP contribution in [0.4, 0.5) is 9.18 Å².